The Hall–Kier alpha value is -2.51. The van der Waals surface area contributed by atoms with Crippen molar-refractivity contribution in [2.24, 2.45) is 0 Å². The molecule has 1 aliphatic rings. The molecular formula is C18H19F2N3O2. The lowest BCUT2D eigenvalue weighted by atomic mass is 10.1. The van der Waals surface area contributed by atoms with Crippen molar-refractivity contribution >= 4 is 17.4 Å². The summed E-state index contributed by atoms with van der Waals surface area (Å²) in [6.07, 6.45) is 0. The molecule has 2 aromatic rings. The molecule has 1 aliphatic heterocycles. The Morgan fingerprint density at radius 1 is 1.04 bits per heavy atom. The maximum atomic E-state index is 14.0. The van der Waals surface area contributed by atoms with E-state index in [1.54, 1.807) is 12.1 Å². The number of ether oxygens (including phenoxy) is 1. The molecule has 0 radical (unpaired) electrons. The van der Waals surface area contributed by atoms with Gasteiger partial charge in [-0.15, -0.1) is 0 Å². The summed E-state index contributed by atoms with van der Waals surface area (Å²) in [7, 11) is 0. The second-order valence-corrected chi connectivity index (χ2v) is 5.79. The number of anilines is 2. The fourth-order valence-corrected chi connectivity index (χ4v) is 2.60. The summed E-state index contributed by atoms with van der Waals surface area (Å²) >= 11 is 0. The number of hydrogen-bond acceptors (Lipinski definition) is 3. The summed E-state index contributed by atoms with van der Waals surface area (Å²) in [4.78, 5) is 14.2. The van der Waals surface area contributed by atoms with E-state index in [0.717, 1.165) is 18.7 Å². The molecule has 7 heteroatoms. The van der Waals surface area contributed by atoms with E-state index in [-0.39, 0.29) is 5.69 Å². The van der Waals surface area contributed by atoms with Crippen LogP contribution >= 0.6 is 0 Å². The van der Waals surface area contributed by atoms with Crippen molar-refractivity contribution in [1.29, 1.82) is 0 Å². The summed E-state index contributed by atoms with van der Waals surface area (Å²) in [5, 5.41) is 5.02. The van der Waals surface area contributed by atoms with Crippen LogP contribution in [-0.2, 0) is 11.3 Å². The molecule has 0 bridgehead atoms. The molecule has 0 aromatic heterocycles. The summed E-state index contributed by atoms with van der Waals surface area (Å²) in [6, 6.07) is 9.40. The maximum Gasteiger partial charge on any atom is 0.323 e. The van der Waals surface area contributed by atoms with Gasteiger partial charge in [0.05, 0.1) is 18.9 Å². The van der Waals surface area contributed by atoms with Crippen LogP contribution in [-0.4, -0.2) is 37.2 Å². The zero-order valence-corrected chi connectivity index (χ0v) is 13.6. The highest BCUT2D eigenvalue weighted by atomic mass is 19.1. The number of benzene rings is 2. The molecule has 3 rings (SSSR count). The van der Waals surface area contributed by atoms with E-state index in [2.05, 4.69) is 15.5 Å². The summed E-state index contributed by atoms with van der Waals surface area (Å²) in [5.41, 5.74) is 1.43. The van der Waals surface area contributed by atoms with Gasteiger partial charge in [-0.3, -0.25) is 4.90 Å². The van der Waals surface area contributed by atoms with E-state index in [4.69, 9.17) is 4.74 Å². The number of urea groups is 1. The smallest absolute Gasteiger partial charge is 0.323 e. The Morgan fingerprint density at radius 3 is 2.48 bits per heavy atom. The highest BCUT2D eigenvalue weighted by Crippen LogP contribution is 2.18. The minimum Gasteiger partial charge on any atom is -0.379 e. The van der Waals surface area contributed by atoms with Crippen molar-refractivity contribution in [3.63, 3.8) is 0 Å². The highest BCUT2D eigenvalue weighted by Gasteiger charge is 2.13. The third-order valence-electron chi connectivity index (χ3n) is 3.89. The number of morpholine rings is 1. The Kier molecular flexibility index (Phi) is 5.57. The van der Waals surface area contributed by atoms with Gasteiger partial charge in [0, 0.05) is 25.3 Å². The zero-order chi connectivity index (χ0) is 17.6. The van der Waals surface area contributed by atoms with Gasteiger partial charge in [-0.2, -0.15) is 0 Å². The van der Waals surface area contributed by atoms with E-state index < -0.39 is 17.7 Å². The minimum absolute atomic E-state index is 0.102. The molecule has 132 valence electrons. The van der Waals surface area contributed by atoms with Crippen LogP contribution in [0.15, 0.2) is 42.5 Å². The van der Waals surface area contributed by atoms with Crippen LogP contribution in [0.2, 0.25) is 0 Å². The van der Waals surface area contributed by atoms with Gasteiger partial charge < -0.3 is 15.4 Å². The van der Waals surface area contributed by atoms with Crippen LogP contribution in [0.25, 0.3) is 0 Å². The normalized spacial score (nSPS) is 15.0. The third kappa shape index (κ3) is 4.98. The number of nitrogens with one attached hydrogen (secondary N) is 2. The molecule has 1 saturated heterocycles. The van der Waals surface area contributed by atoms with Crippen LogP contribution in [0.4, 0.5) is 25.0 Å². The molecule has 0 aliphatic carbocycles. The molecule has 0 unspecified atom stereocenters. The summed E-state index contributed by atoms with van der Waals surface area (Å²) in [5.74, 6) is -0.909. The first-order valence-electron chi connectivity index (χ1n) is 8.02. The second kappa shape index (κ2) is 8.04. The molecule has 25 heavy (non-hydrogen) atoms. The molecule has 5 nitrogen and oxygen atoms in total. The highest BCUT2D eigenvalue weighted by molar-refractivity contribution is 5.99. The number of halogens is 2. The monoisotopic (exact) mass is 347 g/mol. The predicted molar refractivity (Wildman–Crippen MR) is 91.5 cm³/mol. The zero-order valence-electron chi connectivity index (χ0n) is 13.6. The van der Waals surface area contributed by atoms with Crippen molar-refractivity contribution in [3.05, 3.63) is 59.7 Å². The van der Waals surface area contributed by atoms with Crippen LogP contribution in [0.5, 0.6) is 0 Å². The summed E-state index contributed by atoms with van der Waals surface area (Å²) in [6.45, 7) is 3.69. The number of carbonyl (C=O) groups excluding carboxylic acids is 1. The van der Waals surface area contributed by atoms with Crippen molar-refractivity contribution in [3.8, 4) is 0 Å². The lowest BCUT2D eigenvalue weighted by Crippen LogP contribution is -2.35. The lowest BCUT2D eigenvalue weighted by molar-refractivity contribution is 0.0342. The van der Waals surface area contributed by atoms with Gasteiger partial charge in [-0.05, 0) is 42.0 Å². The number of carbonyl (C=O) groups is 1. The molecule has 0 saturated carbocycles. The average Bonchev–Trinajstić information content (AvgIpc) is 2.61. The van der Waals surface area contributed by atoms with E-state index in [1.165, 1.54) is 30.3 Å². The average molecular weight is 347 g/mol. The largest absolute Gasteiger partial charge is 0.379 e. The first kappa shape index (κ1) is 17.3. The maximum absolute atomic E-state index is 14.0. The van der Waals surface area contributed by atoms with E-state index in [1.807, 2.05) is 0 Å². The Labute approximate surface area is 144 Å². The van der Waals surface area contributed by atoms with Gasteiger partial charge in [0.25, 0.3) is 0 Å². The molecule has 2 N–H and O–H groups in total. The number of rotatable bonds is 4. The van der Waals surface area contributed by atoms with Gasteiger partial charge in [-0.1, -0.05) is 6.07 Å². The molecule has 0 atom stereocenters. The van der Waals surface area contributed by atoms with Gasteiger partial charge >= 0.3 is 6.03 Å². The SMILES string of the molecule is O=C(Nc1ccc(F)cc1)Nc1cc(CN2CCOCC2)ccc1F. The Morgan fingerprint density at radius 2 is 1.76 bits per heavy atom. The van der Waals surface area contributed by atoms with Crippen molar-refractivity contribution < 1.29 is 18.3 Å². The van der Waals surface area contributed by atoms with E-state index in [0.29, 0.717) is 25.4 Å². The molecule has 2 aromatic carbocycles. The molecule has 2 amide bonds. The van der Waals surface area contributed by atoms with Gasteiger partial charge in [-0.25, -0.2) is 13.6 Å². The van der Waals surface area contributed by atoms with Crippen LogP contribution in [0, 0.1) is 11.6 Å². The third-order valence-corrected chi connectivity index (χ3v) is 3.89. The lowest BCUT2D eigenvalue weighted by Gasteiger charge is -2.26. The number of hydrogen-bond donors (Lipinski definition) is 2. The quantitative estimate of drug-likeness (QED) is 0.891. The molecular weight excluding hydrogens is 328 g/mol. The fourth-order valence-electron chi connectivity index (χ4n) is 2.60. The molecule has 1 heterocycles. The van der Waals surface area contributed by atoms with E-state index >= 15 is 0 Å². The van der Waals surface area contributed by atoms with Gasteiger partial charge in [0.15, 0.2) is 0 Å². The molecule has 1 fully saturated rings. The van der Waals surface area contributed by atoms with Crippen molar-refractivity contribution in [1.82, 2.24) is 4.90 Å². The topological polar surface area (TPSA) is 53.6 Å². The van der Waals surface area contributed by atoms with Crippen molar-refractivity contribution in [2.75, 3.05) is 36.9 Å². The number of amides is 2. The van der Waals surface area contributed by atoms with Crippen LogP contribution in [0.3, 0.4) is 0 Å². The fraction of sp³-hybridized carbons (Fsp3) is 0.278. The van der Waals surface area contributed by atoms with Crippen LogP contribution in [0.1, 0.15) is 5.56 Å². The Bertz CT molecular complexity index is 732. The van der Waals surface area contributed by atoms with Gasteiger partial charge in [0.1, 0.15) is 11.6 Å². The predicted octanol–water partition coefficient (Wildman–Crippen LogP) is 3.44. The van der Waals surface area contributed by atoms with Crippen LogP contribution < -0.4 is 10.6 Å². The second-order valence-electron chi connectivity index (χ2n) is 5.79. The first-order valence-corrected chi connectivity index (χ1v) is 8.02. The standard InChI is InChI=1S/C18H19F2N3O2/c19-14-2-4-15(5-3-14)21-18(24)22-17-11-13(1-6-16(17)20)12-23-7-9-25-10-8-23/h1-6,11H,7-10,12H2,(H2,21,22,24). The minimum atomic E-state index is -0.589. The summed E-state index contributed by atoms with van der Waals surface area (Å²) < 4.78 is 32.2. The first-order chi connectivity index (χ1) is 12.1. The van der Waals surface area contributed by atoms with Crippen molar-refractivity contribution in [2.45, 2.75) is 6.54 Å². The van der Waals surface area contributed by atoms with Gasteiger partial charge in [0.2, 0.25) is 0 Å². The Balaban J connectivity index is 1.63. The number of nitrogens with zero attached hydrogens (tertiary/aromatic N) is 1. The molecule has 0 spiro atoms. The van der Waals surface area contributed by atoms with E-state index in [9.17, 15) is 13.6 Å².